The number of aryl methyl sites for hydroxylation is 1. The van der Waals surface area contributed by atoms with Gasteiger partial charge in [-0.15, -0.1) is 10.8 Å². The number of carbonyl (C=O) groups is 1. The molecule has 0 fully saturated rings. The minimum Gasteiger partial charge on any atom is -0.505 e. The molecule has 1 aliphatic heterocycles. The lowest BCUT2D eigenvalue weighted by molar-refractivity contribution is -0.115. The molecule has 15 heteroatoms. The van der Waals surface area contributed by atoms with Crippen LogP contribution in [0.15, 0.2) is 44.6 Å². The Hall–Kier alpha value is -3.00. The Balaban J connectivity index is 1.92. The van der Waals surface area contributed by atoms with E-state index in [1.165, 1.54) is 41.1 Å². The number of nitrogens with zero attached hydrogens (tertiary/aromatic N) is 4. The molecule has 4 N–H and O–H groups in total. The van der Waals surface area contributed by atoms with Crippen LogP contribution in [0.2, 0.25) is 0 Å². The molecule has 1 unspecified atom stereocenters. The van der Waals surface area contributed by atoms with Crippen LogP contribution < -0.4 is 20.5 Å². The van der Waals surface area contributed by atoms with Crippen LogP contribution in [0.1, 0.15) is 46.6 Å². The van der Waals surface area contributed by atoms with Gasteiger partial charge in [0.1, 0.15) is 11.3 Å². The zero-order valence-corrected chi connectivity index (χ0v) is 26.1. The van der Waals surface area contributed by atoms with Crippen LogP contribution in [0.4, 0.5) is 11.4 Å². The molecule has 0 saturated carbocycles. The molecule has 4 rings (SSSR count). The topological polar surface area (TPSA) is 167 Å². The van der Waals surface area contributed by atoms with Crippen LogP contribution >= 0.6 is 29.6 Å². The standard InChI is InChI=1S/C26H34N5O7PS2/c1-7-38-39(35)20-14-18(31(16(2)32)41(6,36)37)8-9-19(20)27-24(29-39)21-23(33)22(17-10-13-40-15-17)28-30(25(21)34)12-11-26(3,4)5/h8-10,13-15,33,36-37H,7,11-12H2,1-6H3,(H,27,29,35). The summed E-state index contributed by atoms with van der Waals surface area (Å²) in [5.41, 5.74) is 0.182. The van der Waals surface area contributed by atoms with Crippen LogP contribution in [0.25, 0.3) is 11.3 Å². The highest BCUT2D eigenvalue weighted by Crippen LogP contribution is 2.53. The Labute approximate surface area is 243 Å². The van der Waals surface area contributed by atoms with Gasteiger partial charge in [0.05, 0.1) is 23.3 Å². The van der Waals surface area contributed by atoms with E-state index >= 15 is 0 Å². The van der Waals surface area contributed by atoms with E-state index in [2.05, 4.69) is 15.2 Å². The molecule has 2 aromatic heterocycles. The van der Waals surface area contributed by atoms with Crippen molar-refractivity contribution in [2.75, 3.05) is 22.5 Å². The van der Waals surface area contributed by atoms with Crippen LogP contribution in [0, 0.1) is 5.41 Å². The van der Waals surface area contributed by atoms with Gasteiger partial charge in [-0.2, -0.15) is 21.2 Å². The summed E-state index contributed by atoms with van der Waals surface area (Å²) in [5.74, 6) is -1.21. The minimum absolute atomic E-state index is 0.00455. The summed E-state index contributed by atoms with van der Waals surface area (Å²) >= 11 is 1.41. The maximum atomic E-state index is 14.2. The van der Waals surface area contributed by atoms with Gasteiger partial charge in [0.25, 0.3) is 5.56 Å². The van der Waals surface area contributed by atoms with E-state index < -0.39 is 35.5 Å². The second kappa shape index (κ2) is 11.3. The Morgan fingerprint density at radius 3 is 2.54 bits per heavy atom. The number of aromatic nitrogens is 2. The van der Waals surface area contributed by atoms with Gasteiger partial charge in [-0.25, -0.2) is 8.99 Å². The van der Waals surface area contributed by atoms with Crippen molar-refractivity contribution in [2.24, 2.45) is 10.2 Å². The summed E-state index contributed by atoms with van der Waals surface area (Å²) in [6.07, 6.45) is 1.73. The van der Waals surface area contributed by atoms with Gasteiger partial charge >= 0.3 is 7.52 Å². The number of thiophene rings is 1. The number of hydrogen-bond donors (Lipinski definition) is 4. The molecule has 1 atom stereocenters. The third kappa shape index (κ3) is 6.42. The van der Waals surface area contributed by atoms with Crippen molar-refractivity contribution in [3.63, 3.8) is 0 Å². The Kier molecular flexibility index (Phi) is 8.57. The van der Waals surface area contributed by atoms with Crippen molar-refractivity contribution in [1.29, 1.82) is 0 Å². The Bertz CT molecular complexity index is 1610. The zero-order valence-electron chi connectivity index (χ0n) is 23.6. The first-order chi connectivity index (χ1) is 19.1. The van der Waals surface area contributed by atoms with E-state index in [1.807, 2.05) is 26.2 Å². The lowest BCUT2D eigenvalue weighted by Gasteiger charge is -2.39. The highest BCUT2D eigenvalue weighted by atomic mass is 32.3. The summed E-state index contributed by atoms with van der Waals surface area (Å²) in [4.78, 5) is 26.0. The molecular weight excluding hydrogens is 589 g/mol. The predicted octanol–water partition coefficient (Wildman–Crippen LogP) is 5.49. The number of amides is 1. The Morgan fingerprint density at radius 2 is 1.98 bits per heavy atom. The second-order valence-corrected chi connectivity index (χ2v) is 15.5. The summed E-state index contributed by atoms with van der Waals surface area (Å²) in [5, 5.41) is 22.5. The molecule has 222 valence electrons. The summed E-state index contributed by atoms with van der Waals surface area (Å²) in [7, 11) is -7.58. The zero-order chi connectivity index (χ0) is 30.3. The van der Waals surface area contributed by atoms with E-state index in [0.717, 1.165) is 10.6 Å². The average Bonchev–Trinajstić information content (AvgIpc) is 3.37. The van der Waals surface area contributed by atoms with Gasteiger partial charge in [-0.3, -0.25) is 23.3 Å². The first kappa shape index (κ1) is 30.9. The van der Waals surface area contributed by atoms with Crippen LogP contribution in [0.5, 0.6) is 5.75 Å². The lowest BCUT2D eigenvalue weighted by atomic mass is 9.92. The number of benzene rings is 1. The second-order valence-electron chi connectivity index (χ2n) is 10.7. The van der Waals surface area contributed by atoms with Gasteiger partial charge in [-0.05, 0) is 48.4 Å². The minimum atomic E-state index is -4.09. The number of nitrogens with one attached hydrogen (secondary N) is 1. The van der Waals surface area contributed by atoms with Crippen molar-refractivity contribution in [1.82, 2.24) is 9.78 Å². The summed E-state index contributed by atoms with van der Waals surface area (Å²) in [6, 6.07) is 6.02. The van der Waals surface area contributed by atoms with Crippen molar-refractivity contribution < 1.29 is 28.1 Å². The molecule has 0 spiro atoms. The maximum Gasteiger partial charge on any atom is 0.348 e. The highest BCUT2D eigenvalue weighted by Gasteiger charge is 2.37. The van der Waals surface area contributed by atoms with Crippen LogP contribution in [-0.2, 0) is 20.4 Å². The number of amidine groups is 1. The van der Waals surface area contributed by atoms with Gasteiger partial charge in [-0.1, -0.05) is 20.8 Å². The smallest absolute Gasteiger partial charge is 0.348 e. The number of aromatic hydroxyl groups is 1. The van der Waals surface area contributed by atoms with Crippen molar-refractivity contribution >= 4 is 58.1 Å². The number of carbonyl (C=O) groups excluding carboxylic acids is 1. The monoisotopic (exact) mass is 623 g/mol. The SMILES string of the molecule is CCOP1(=O)N=C(c2c(O)c(-c3ccsc3)nn(CCC(C)(C)C)c2=O)Nc2ccc(N(C(C)=O)S(C)(O)O)cc21. The fourth-order valence-electron chi connectivity index (χ4n) is 4.30. The molecule has 3 heterocycles. The van der Waals surface area contributed by atoms with E-state index in [4.69, 9.17) is 4.52 Å². The van der Waals surface area contributed by atoms with Crippen LogP contribution in [-0.4, -0.2) is 48.6 Å². The van der Waals surface area contributed by atoms with E-state index in [-0.39, 0.29) is 52.3 Å². The molecule has 0 saturated heterocycles. The molecule has 41 heavy (non-hydrogen) atoms. The van der Waals surface area contributed by atoms with Gasteiger partial charge < -0.3 is 14.9 Å². The van der Waals surface area contributed by atoms with E-state index in [1.54, 1.807) is 18.4 Å². The predicted molar refractivity (Wildman–Crippen MR) is 165 cm³/mol. The van der Waals surface area contributed by atoms with Crippen molar-refractivity contribution in [3.8, 4) is 17.0 Å². The van der Waals surface area contributed by atoms with Crippen molar-refractivity contribution in [3.05, 3.63) is 50.9 Å². The van der Waals surface area contributed by atoms with Gasteiger partial charge in [0, 0.05) is 30.7 Å². The first-order valence-corrected chi connectivity index (χ1v) is 17.2. The number of hydrogen-bond acceptors (Lipinski definition) is 10. The molecular formula is C26H34N5O7PS2. The third-order valence-electron chi connectivity index (χ3n) is 6.18. The van der Waals surface area contributed by atoms with Gasteiger partial charge in [0.15, 0.2) is 11.6 Å². The number of rotatable bonds is 8. The molecule has 1 amide bonds. The highest BCUT2D eigenvalue weighted by molar-refractivity contribution is 8.25. The largest absolute Gasteiger partial charge is 0.505 e. The summed E-state index contributed by atoms with van der Waals surface area (Å²) in [6.45, 7) is 9.20. The summed E-state index contributed by atoms with van der Waals surface area (Å²) < 4.78 is 46.8. The number of anilines is 2. The Morgan fingerprint density at radius 1 is 1.27 bits per heavy atom. The average molecular weight is 624 g/mol. The fourth-order valence-corrected chi connectivity index (χ4v) is 7.74. The lowest BCUT2D eigenvalue weighted by Crippen LogP contribution is -2.36. The molecule has 1 aliphatic rings. The normalized spacial score (nSPS) is 17.4. The fraction of sp³-hybridized carbons (Fsp3) is 0.385. The third-order valence-corrected chi connectivity index (χ3v) is 10.1. The van der Waals surface area contributed by atoms with E-state index in [0.29, 0.717) is 12.0 Å². The molecule has 0 radical (unpaired) electrons. The maximum absolute atomic E-state index is 14.2. The van der Waals surface area contributed by atoms with Gasteiger partial charge in [0.2, 0.25) is 5.91 Å². The molecule has 3 aromatic rings. The molecule has 0 aliphatic carbocycles. The van der Waals surface area contributed by atoms with Crippen LogP contribution in [0.3, 0.4) is 0 Å². The number of fused-ring (bicyclic) bond motifs is 1. The molecule has 0 bridgehead atoms. The molecule has 1 aromatic carbocycles. The van der Waals surface area contributed by atoms with Crippen molar-refractivity contribution in [2.45, 2.75) is 47.6 Å². The molecule has 12 nitrogen and oxygen atoms in total. The van der Waals surface area contributed by atoms with E-state index in [9.17, 15) is 28.4 Å². The first-order valence-electron chi connectivity index (χ1n) is 12.7. The quantitative estimate of drug-likeness (QED) is 0.237.